The van der Waals surface area contributed by atoms with Gasteiger partial charge in [-0.3, -0.25) is 9.59 Å². The Kier molecular flexibility index (Phi) is 3.12. The summed E-state index contributed by atoms with van der Waals surface area (Å²) in [4.78, 5) is 41.9. The minimum Gasteiger partial charge on any atom is -0.478 e. The van der Waals surface area contributed by atoms with Gasteiger partial charge in [0.2, 0.25) is 5.88 Å². The third kappa shape index (κ3) is 1.99. The number of fused-ring (bicyclic) bond motifs is 2. The molecule has 2 aromatic rings. The first-order chi connectivity index (χ1) is 11.6. The predicted octanol–water partition coefficient (Wildman–Crippen LogP) is 1.34. The Morgan fingerprint density at radius 1 is 1.21 bits per heavy atom. The van der Waals surface area contributed by atoms with E-state index in [2.05, 4.69) is 5.10 Å². The van der Waals surface area contributed by atoms with Gasteiger partial charge >= 0.3 is 5.97 Å². The summed E-state index contributed by atoms with van der Waals surface area (Å²) in [5.41, 5.74) is 0.971. The van der Waals surface area contributed by atoms with Crippen LogP contribution >= 0.6 is 0 Å². The third-order valence-electron chi connectivity index (χ3n) is 4.01. The topological polar surface area (TPSA) is 90.7 Å². The number of hydrogen-bond acceptors (Lipinski definition) is 6. The van der Waals surface area contributed by atoms with Crippen molar-refractivity contribution in [3.8, 4) is 5.88 Å². The van der Waals surface area contributed by atoms with Crippen molar-refractivity contribution in [3.05, 3.63) is 46.6 Å². The summed E-state index contributed by atoms with van der Waals surface area (Å²) in [5.74, 6) is -1.69. The van der Waals surface area contributed by atoms with Gasteiger partial charge in [-0.2, -0.15) is 5.10 Å². The summed E-state index contributed by atoms with van der Waals surface area (Å²) in [6.07, 6.45) is 0.793. The van der Waals surface area contributed by atoms with Crippen molar-refractivity contribution in [3.63, 3.8) is 0 Å². The summed E-state index contributed by atoms with van der Waals surface area (Å²) in [6.45, 7) is 2.87. The van der Waals surface area contributed by atoms with E-state index in [4.69, 9.17) is 9.57 Å². The number of nitrogens with zero attached hydrogens (tertiary/aromatic N) is 3. The summed E-state index contributed by atoms with van der Waals surface area (Å²) in [7, 11) is 0. The minimum atomic E-state index is -0.868. The molecule has 24 heavy (non-hydrogen) atoms. The van der Waals surface area contributed by atoms with Crippen molar-refractivity contribution in [2.24, 2.45) is 0 Å². The maximum atomic E-state index is 12.4. The minimum absolute atomic E-state index is 0.0310. The van der Waals surface area contributed by atoms with Crippen LogP contribution in [0.5, 0.6) is 5.88 Å². The quantitative estimate of drug-likeness (QED) is 0.773. The number of aromatic nitrogens is 2. The molecule has 0 fully saturated rings. The SMILES string of the molecule is Cc1c(C(=O)ON2C(=O)c3ccccc3C2=O)nn2c1OCCC2. The third-order valence-corrected chi connectivity index (χ3v) is 4.01. The van der Waals surface area contributed by atoms with Crippen LogP contribution < -0.4 is 4.74 Å². The smallest absolute Gasteiger partial charge is 0.384 e. The molecular formula is C16H13N3O5. The second kappa shape index (κ2) is 5.19. The molecule has 0 atom stereocenters. The molecule has 122 valence electrons. The normalized spacial score (nSPS) is 15.8. The molecular weight excluding hydrogens is 314 g/mol. The highest BCUT2D eigenvalue weighted by Crippen LogP contribution is 2.27. The molecule has 0 spiro atoms. The summed E-state index contributed by atoms with van der Waals surface area (Å²) < 4.78 is 7.07. The molecule has 2 aliphatic rings. The lowest BCUT2D eigenvalue weighted by molar-refractivity contribution is -0.0589. The number of benzene rings is 1. The Hall–Kier alpha value is -3.16. The van der Waals surface area contributed by atoms with Gasteiger partial charge in [-0.15, -0.1) is 0 Å². The first-order valence-electron chi connectivity index (χ1n) is 7.48. The van der Waals surface area contributed by atoms with Gasteiger partial charge in [-0.05, 0) is 19.1 Å². The highest BCUT2D eigenvalue weighted by Gasteiger charge is 2.39. The Morgan fingerprint density at radius 3 is 2.50 bits per heavy atom. The zero-order valence-electron chi connectivity index (χ0n) is 12.8. The molecule has 0 saturated heterocycles. The molecule has 0 saturated carbocycles. The summed E-state index contributed by atoms with van der Waals surface area (Å²) >= 11 is 0. The van der Waals surface area contributed by atoms with E-state index in [-0.39, 0.29) is 16.8 Å². The van der Waals surface area contributed by atoms with E-state index < -0.39 is 17.8 Å². The lowest BCUT2D eigenvalue weighted by Crippen LogP contribution is -2.33. The van der Waals surface area contributed by atoms with E-state index in [0.717, 1.165) is 6.42 Å². The monoisotopic (exact) mass is 327 g/mol. The van der Waals surface area contributed by atoms with Crippen LogP contribution in [0.3, 0.4) is 0 Å². The highest BCUT2D eigenvalue weighted by atomic mass is 16.7. The van der Waals surface area contributed by atoms with Gasteiger partial charge in [-0.1, -0.05) is 17.2 Å². The fraction of sp³-hybridized carbons (Fsp3) is 0.250. The highest BCUT2D eigenvalue weighted by molar-refractivity contribution is 6.21. The van der Waals surface area contributed by atoms with E-state index in [1.807, 2.05) is 0 Å². The molecule has 8 heteroatoms. The molecule has 1 aromatic heterocycles. The van der Waals surface area contributed by atoms with Gasteiger partial charge in [0.15, 0.2) is 5.69 Å². The lowest BCUT2D eigenvalue weighted by atomic mass is 10.1. The fourth-order valence-corrected chi connectivity index (χ4v) is 2.82. The first kappa shape index (κ1) is 14.4. The van der Waals surface area contributed by atoms with E-state index in [9.17, 15) is 14.4 Å². The van der Waals surface area contributed by atoms with Gasteiger partial charge < -0.3 is 9.57 Å². The van der Waals surface area contributed by atoms with Crippen molar-refractivity contribution in [1.29, 1.82) is 0 Å². The van der Waals surface area contributed by atoms with Crippen molar-refractivity contribution < 1.29 is 24.0 Å². The van der Waals surface area contributed by atoms with Crippen molar-refractivity contribution in [2.45, 2.75) is 19.9 Å². The molecule has 0 radical (unpaired) electrons. The standard InChI is InChI=1S/C16H13N3O5/c1-9-12(17-18-7-4-8-23-15(9)18)16(22)24-19-13(20)10-5-2-3-6-11(10)14(19)21/h2-3,5-6H,4,7-8H2,1H3. The van der Waals surface area contributed by atoms with Gasteiger partial charge in [0.25, 0.3) is 11.8 Å². The Balaban J connectivity index is 1.61. The van der Waals surface area contributed by atoms with Crippen LogP contribution in [0.4, 0.5) is 0 Å². The number of hydroxylamine groups is 2. The molecule has 8 nitrogen and oxygen atoms in total. The van der Waals surface area contributed by atoms with Crippen LogP contribution in [0.2, 0.25) is 0 Å². The second-order valence-electron chi connectivity index (χ2n) is 5.53. The number of imide groups is 1. The van der Waals surface area contributed by atoms with Crippen LogP contribution in [0.1, 0.15) is 43.2 Å². The number of rotatable bonds is 2. The van der Waals surface area contributed by atoms with Gasteiger partial charge in [0, 0.05) is 18.5 Å². The lowest BCUT2D eigenvalue weighted by Gasteiger charge is -2.14. The maximum Gasteiger partial charge on any atom is 0.384 e. The molecule has 0 aliphatic carbocycles. The molecule has 1 aromatic carbocycles. The Bertz CT molecular complexity index is 851. The summed E-state index contributed by atoms with van der Waals surface area (Å²) in [5, 5.41) is 4.64. The number of ether oxygens (including phenoxy) is 1. The average molecular weight is 327 g/mol. The van der Waals surface area contributed by atoms with E-state index in [1.54, 1.807) is 23.7 Å². The Labute approximate surface area is 136 Å². The first-order valence-corrected chi connectivity index (χ1v) is 7.48. The molecule has 0 unspecified atom stereocenters. The number of carbonyl (C=O) groups is 3. The van der Waals surface area contributed by atoms with Crippen LogP contribution in [-0.2, 0) is 11.4 Å². The number of hydrogen-bond donors (Lipinski definition) is 0. The van der Waals surface area contributed by atoms with Crippen LogP contribution in [0, 0.1) is 6.92 Å². The zero-order valence-corrected chi connectivity index (χ0v) is 12.8. The van der Waals surface area contributed by atoms with E-state index in [1.165, 1.54) is 12.1 Å². The molecule has 2 aliphatic heterocycles. The molecule has 3 heterocycles. The molecule has 0 N–H and O–H groups in total. The fourth-order valence-electron chi connectivity index (χ4n) is 2.82. The second-order valence-corrected chi connectivity index (χ2v) is 5.53. The number of amides is 2. The molecule has 2 amide bonds. The molecule has 0 bridgehead atoms. The zero-order chi connectivity index (χ0) is 16.8. The number of aryl methyl sites for hydroxylation is 1. The predicted molar refractivity (Wildman–Crippen MR) is 79.4 cm³/mol. The van der Waals surface area contributed by atoms with Crippen molar-refractivity contribution >= 4 is 17.8 Å². The van der Waals surface area contributed by atoms with Crippen LogP contribution in [0.15, 0.2) is 24.3 Å². The molecule has 4 rings (SSSR count). The average Bonchev–Trinajstić information content (AvgIpc) is 3.06. The van der Waals surface area contributed by atoms with Gasteiger partial charge in [-0.25, -0.2) is 9.48 Å². The van der Waals surface area contributed by atoms with E-state index in [0.29, 0.717) is 29.7 Å². The van der Waals surface area contributed by atoms with Crippen LogP contribution in [-0.4, -0.2) is 39.2 Å². The number of carbonyl (C=O) groups excluding carboxylic acids is 3. The van der Waals surface area contributed by atoms with Crippen molar-refractivity contribution in [2.75, 3.05) is 6.61 Å². The Morgan fingerprint density at radius 2 is 1.88 bits per heavy atom. The largest absolute Gasteiger partial charge is 0.478 e. The van der Waals surface area contributed by atoms with Gasteiger partial charge in [0.1, 0.15) is 0 Å². The van der Waals surface area contributed by atoms with Crippen molar-refractivity contribution in [1.82, 2.24) is 14.8 Å². The maximum absolute atomic E-state index is 12.4. The summed E-state index contributed by atoms with van der Waals surface area (Å²) in [6, 6.07) is 6.30. The van der Waals surface area contributed by atoms with Crippen LogP contribution in [0.25, 0.3) is 0 Å². The van der Waals surface area contributed by atoms with E-state index >= 15 is 0 Å². The van der Waals surface area contributed by atoms with Gasteiger partial charge in [0.05, 0.1) is 17.7 Å².